The number of fused-ring (bicyclic) bond motifs is 1. The smallest absolute Gasteiger partial charge is 0.263 e. The minimum absolute atomic E-state index is 0.142. The van der Waals surface area contributed by atoms with Gasteiger partial charge in [0.25, 0.3) is 11.9 Å². The molecule has 1 aromatic carbocycles. The van der Waals surface area contributed by atoms with Gasteiger partial charge in [0.1, 0.15) is 5.75 Å². The van der Waals surface area contributed by atoms with E-state index < -0.39 is 0 Å². The number of methoxy groups -OCH3 is 1. The standard InChI is InChI=1S/C16H17N7O2/c1-25-14-5-3-12(4-6-14)10-21-11-13(9-17-21)15(24)22-7-2-8-23-16(22)18-19-20-23/h3-6,9,11H,2,7-8,10H2,1H3. The van der Waals surface area contributed by atoms with Crippen molar-refractivity contribution < 1.29 is 9.53 Å². The van der Waals surface area contributed by atoms with Gasteiger partial charge in [-0.1, -0.05) is 17.2 Å². The summed E-state index contributed by atoms with van der Waals surface area (Å²) in [6.45, 7) is 1.90. The van der Waals surface area contributed by atoms with Crippen LogP contribution in [0.1, 0.15) is 22.3 Å². The molecule has 128 valence electrons. The van der Waals surface area contributed by atoms with Gasteiger partial charge in [-0.2, -0.15) is 5.10 Å². The molecule has 4 rings (SSSR count). The van der Waals surface area contributed by atoms with Crippen LogP contribution in [0.4, 0.5) is 5.95 Å². The summed E-state index contributed by atoms with van der Waals surface area (Å²) >= 11 is 0. The molecule has 3 aromatic rings. The van der Waals surface area contributed by atoms with E-state index in [1.165, 1.54) is 0 Å². The van der Waals surface area contributed by atoms with Gasteiger partial charge in [-0.3, -0.25) is 14.4 Å². The van der Waals surface area contributed by atoms with Crippen LogP contribution in [-0.4, -0.2) is 49.5 Å². The molecule has 0 radical (unpaired) electrons. The zero-order chi connectivity index (χ0) is 17.2. The summed E-state index contributed by atoms with van der Waals surface area (Å²) in [5, 5.41) is 15.8. The second-order valence-corrected chi connectivity index (χ2v) is 5.79. The number of aryl methyl sites for hydroxylation is 1. The van der Waals surface area contributed by atoms with Crippen LogP contribution >= 0.6 is 0 Å². The third-order valence-corrected chi connectivity index (χ3v) is 4.14. The van der Waals surface area contributed by atoms with Crippen molar-refractivity contribution in [3.05, 3.63) is 47.8 Å². The van der Waals surface area contributed by atoms with Crippen LogP contribution in [0.25, 0.3) is 0 Å². The number of ether oxygens (including phenoxy) is 1. The molecule has 1 amide bonds. The van der Waals surface area contributed by atoms with Gasteiger partial charge in [0.05, 0.1) is 25.4 Å². The Morgan fingerprint density at radius 3 is 2.88 bits per heavy atom. The highest BCUT2D eigenvalue weighted by atomic mass is 16.5. The largest absolute Gasteiger partial charge is 0.497 e. The normalized spacial score (nSPS) is 13.6. The van der Waals surface area contributed by atoms with Gasteiger partial charge < -0.3 is 4.74 Å². The van der Waals surface area contributed by atoms with Crippen molar-refractivity contribution in [1.29, 1.82) is 0 Å². The lowest BCUT2D eigenvalue weighted by Crippen LogP contribution is -2.38. The predicted molar refractivity (Wildman–Crippen MR) is 88.4 cm³/mol. The fourth-order valence-corrected chi connectivity index (χ4v) is 2.84. The van der Waals surface area contributed by atoms with Crippen molar-refractivity contribution in [3.8, 4) is 5.75 Å². The van der Waals surface area contributed by atoms with Gasteiger partial charge in [-0.25, -0.2) is 4.68 Å². The molecular weight excluding hydrogens is 322 g/mol. The van der Waals surface area contributed by atoms with Crippen molar-refractivity contribution in [3.63, 3.8) is 0 Å². The van der Waals surface area contributed by atoms with Crippen LogP contribution in [0.15, 0.2) is 36.7 Å². The maximum atomic E-state index is 12.8. The molecule has 0 N–H and O–H groups in total. The number of aromatic nitrogens is 6. The highest BCUT2D eigenvalue weighted by Gasteiger charge is 2.27. The quantitative estimate of drug-likeness (QED) is 0.704. The molecule has 25 heavy (non-hydrogen) atoms. The van der Waals surface area contributed by atoms with E-state index in [9.17, 15) is 4.79 Å². The van der Waals surface area contributed by atoms with E-state index in [0.717, 1.165) is 24.3 Å². The molecule has 0 unspecified atom stereocenters. The molecule has 1 aliphatic heterocycles. The summed E-state index contributed by atoms with van der Waals surface area (Å²) in [4.78, 5) is 14.4. The molecule has 9 nitrogen and oxygen atoms in total. The molecule has 0 atom stereocenters. The molecule has 0 bridgehead atoms. The van der Waals surface area contributed by atoms with E-state index in [0.29, 0.717) is 24.6 Å². The fourth-order valence-electron chi connectivity index (χ4n) is 2.84. The predicted octanol–water partition coefficient (Wildman–Crippen LogP) is 0.977. The molecule has 0 aliphatic carbocycles. The molecule has 0 spiro atoms. The monoisotopic (exact) mass is 339 g/mol. The SMILES string of the molecule is COc1ccc(Cn2cc(C(=O)N3CCCn4nnnc43)cn2)cc1. The Labute approximate surface area is 143 Å². The molecule has 2 aromatic heterocycles. The first kappa shape index (κ1) is 15.3. The van der Waals surface area contributed by atoms with Crippen LogP contribution in [-0.2, 0) is 13.1 Å². The van der Waals surface area contributed by atoms with Gasteiger partial charge in [0, 0.05) is 19.3 Å². The number of tetrazole rings is 1. The number of rotatable bonds is 4. The fraction of sp³-hybridized carbons (Fsp3) is 0.312. The van der Waals surface area contributed by atoms with Gasteiger partial charge in [0.15, 0.2) is 0 Å². The number of hydrogen-bond acceptors (Lipinski definition) is 6. The molecule has 3 heterocycles. The maximum absolute atomic E-state index is 12.8. The topological polar surface area (TPSA) is 91.0 Å². The number of carbonyl (C=O) groups excluding carboxylic acids is 1. The van der Waals surface area contributed by atoms with Crippen molar-refractivity contribution in [2.24, 2.45) is 0 Å². The number of benzene rings is 1. The van der Waals surface area contributed by atoms with Crippen molar-refractivity contribution in [2.45, 2.75) is 19.5 Å². The second kappa shape index (κ2) is 6.34. The highest BCUT2D eigenvalue weighted by molar-refractivity contribution is 6.04. The van der Waals surface area contributed by atoms with Gasteiger partial charge >= 0.3 is 0 Å². The Morgan fingerprint density at radius 2 is 2.08 bits per heavy atom. The van der Waals surface area contributed by atoms with E-state index in [-0.39, 0.29) is 5.91 Å². The Balaban J connectivity index is 1.50. The number of nitrogens with zero attached hydrogens (tertiary/aromatic N) is 7. The Hall–Kier alpha value is -3.23. The first-order valence-electron chi connectivity index (χ1n) is 7.98. The van der Waals surface area contributed by atoms with Crippen LogP contribution in [0.2, 0.25) is 0 Å². The van der Waals surface area contributed by atoms with Gasteiger partial charge in [-0.05, 0) is 34.5 Å². The lowest BCUT2D eigenvalue weighted by atomic mass is 10.2. The van der Waals surface area contributed by atoms with Crippen LogP contribution < -0.4 is 9.64 Å². The third kappa shape index (κ3) is 2.95. The third-order valence-electron chi connectivity index (χ3n) is 4.14. The zero-order valence-corrected chi connectivity index (χ0v) is 13.7. The number of amides is 1. The van der Waals surface area contributed by atoms with E-state index in [1.807, 2.05) is 24.3 Å². The first-order valence-corrected chi connectivity index (χ1v) is 7.98. The van der Waals surface area contributed by atoms with E-state index in [1.54, 1.807) is 33.8 Å². The molecule has 0 fully saturated rings. The van der Waals surface area contributed by atoms with Gasteiger partial charge in [0.2, 0.25) is 0 Å². The van der Waals surface area contributed by atoms with Crippen molar-refractivity contribution in [1.82, 2.24) is 30.0 Å². The summed E-state index contributed by atoms with van der Waals surface area (Å²) in [5.41, 5.74) is 1.59. The molecule has 9 heteroatoms. The number of hydrogen-bond donors (Lipinski definition) is 0. The summed E-state index contributed by atoms with van der Waals surface area (Å²) < 4.78 is 8.53. The van der Waals surface area contributed by atoms with E-state index in [4.69, 9.17) is 4.74 Å². The lowest BCUT2D eigenvalue weighted by molar-refractivity contribution is 0.0980. The summed E-state index contributed by atoms with van der Waals surface area (Å²) in [7, 11) is 1.64. The number of carbonyl (C=O) groups is 1. The minimum atomic E-state index is -0.142. The minimum Gasteiger partial charge on any atom is -0.497 e. The Kier molecular flexibility index (Phi) is 3.88. The summed E-state index contributed by atoms with van der Waals surface area (Å²) in [6.07, 6.45) is 4.15. The van der Waals surface area contributed by atoms with Gasteiger partial charge in [-0.15, -0.1) is 0 Å². The zero-order valence-electron chi connectivity index (χ0n) is 13.7. The summed E-state index contributed by atoms with van der Waals surface area (Å²) in [5.74, 6) is 1.15. The molecular formula is C16H17N7O2. The summed E-state index contributed by atoms with van der Waals surface area (Å²) in [6, 6.07) is 7.75. The van der Waals surface area contributed by atoms with E-state index in [2.05, 4.69) is 20.6 Å². The Bertz CT molecular complexity index is 884. The van der Waals surface area contributed by atoms with Crippen molar-refractivity contribution >= 4 is 11.9 Å². The van der Waals surface area contributed by atoms with Crippen LogP contribution in [0.3, 0.4) is 0 Å². The molecule has 0 saturated carbocycles. The van der Waals surface area contributed by atoms with Crippen LogP contribution in [0.5, 0.6) is 5.75 Å². The second-order valence-electron chi connectivity index (χ2n) is 5.79. The first-order chi connectivity index (χ1) is 12.2. The maximum Gasteiger partial charge on any atom is 0.263 e. The average Bonchev–Trinajstić information content (AvgIpc) is 3.30. The van der Waals surface area contributed by atoms with Crippen molar-refractivity contribution in [2.75, 3.05) is 18.6 Å². The average molecular weight is 339 g/mol. The molecule has 1 aliphatic rings. The van der Waals surface area contributed by atoms with E-state index >= 15 is 0 Å². The molecule has 0 saturated heterocycles. The van der Waals surface area contributed by atoms with Crippen LogP contribution in [0, 0.1) is 0 Å². The number of anilines is 1. The Morgan fingerprint density at radius 1 is 1.24 bits per heavy atom. The lowest BCUT2D eigenvalue weighted by Gasteiger charge is -2.24. The highest BCUT2D eigenvalue weighted by Crippen LogP contribution is 2.19.